The van der Waals surface area contributed by atoms with Gasteiger partial charge in [-0.1, -0.05) is 35.5 Å². The van der Waals surface area contributed by atoms with Crippen molar-refractivity contribution >= 4 is 5.84 Å². The fourth-order valence-electron chi connectivity index (χ4n) is 2.01. The van der Waals surface area contributed by atoms with E-state index in [1.54, 1.807) is 18.2 Å². The van der Waals surface area contributed by atoms with E-state index in [4.69, 9.17) is 10.9 Å². The van der Waals surface area contributed by atoms with E-state index in [1.807, 2.05) is 18.2 Å². The second-order valence-electron chi connectivity index (χ2n) is 4.74. The molecule has 2 aromatic carbocycles. The van der Waals surface area contributed by atoms with E-state index < -0.39 is 0 Å². The van der Waals surface area contributed by atoms with Gasteiger partial charge >= 0.3 is 0 Å². The number of benzene rings is 2. The highest BCUT2D eigenvalue weighted by molar-refractivity contribution is 5.97. The van der Waals surface area contributed by atoms with Crippen LogP contribution in [0.25, 0.3) is 0 Å². The SMILES string of the molecule is NC(=NO)c1cccc(CNCCc2ccc(F)cc2)c1. The van der Waals surface area contributed by atoms with Crippen LogP contribution >= 0.6 is 0 Å². The third kappa shape index (κ3) is 4.57. The fourth-order valence-corrected chi connectivity index (χ4v) is 2.01. The molecular formula is C16H18FN3O. The van der Waals surface area contributed by atoms with Gasteiger partial charge in [0.2, 0.25) is 0 Å². The zero-order valence-corrected chi connectivity index (χ0v) is 11.6. The molecule has 0 saturated heterocycles. The number of nitrogens with one attached hydrogen (secondary N) is 1. The Morgan fingerprint density at radius 1 is 1.14 bits per heavy atom. The van der Waals surface area contributed by atoms with Gasteiger partial charge in [0.05, 0.1) is 0 Å². The van der Waals surface area contributed by atoms with Crippen LogP contribution in [-0.4, -0.2) is 17.6 Å². The third-order valence-corrected chi connectivity index (χ3v) is 3.16. The van der Waals surface area contributed by atoms with E-state index in [0.717, 1.165) is 24.1 Å². The van der Waals surface area contributed by atoms with Gasteiger partial charge in [0.1, 0.15) is 5.82 Å². The zero-order valence-electron chi connectivity index (χ0n) is 11.6. The molecule has 0 aliphatic rings. The van der Waals surface area contributed by atoms with E-state index in [0.29, 0.717) is 12.1 Å². The second kappa shape index (κ2) is 7.40. The van der Waals surface area contributed by atoms with E-state index in [9.17, 15) is 4.39 Å². The summed E-state index contributed by atoms with van der Waals surface area (Å²) in [7, 11) is 0. The first kappa shape index (κ1) is 15.0. The summed E-state index contributed by atoms with van der Waals surface area (Å²) in [6.45, 7) is 1.48. The number of hydrogen-bond donors (Lipinski definition) is 3. The average Bonchev–Trinajstić information content (AvgIpc) is 2.53. The van der Waals surface area contributed by atoms with Crippen molar-refractivity contribution in [3.63, 3.8) is 0 Å². The van der Waals surface area contributed by atoms with Crippen LogP contribution in [0.2, 0.25) is 0 Å². The first-order chi connectivity index (χ1) is 10.2. The molecule has 0 bridgehead atoms. The van der Waals surface area contributed by atoms with Crippen LogP contribution in [0.5, 0.6) is 0 Å². The van der Waals surface area contributed by atoms with Crippen LogP contribution in [0.4, 0.5) is 4.39 Å². The molecule has 0 spiro atoms. The fraction of sp³-hybridized carbons (Fsp3) is 0.188. The Hall–Kier alpha value is -2.40. The molecule has 0 aliphatic carbocycles. The number of hydrogen-bond acceptors (Lipinski definition) is 3. The maximum absolute atomic E-state index is 12.8. The minimum Gasteiger partial charge on any atom is -0.409 e. The van der Waals surface area contributed by atoms with Crippen LogP contribution in [0, 0.1) is 5.82 Å². The monoisotopic (exact) mass is 287 g/mol. The number of oxime groups is 1. The molecule has 0 aliphatic heterocycles. The Balaban J connectivity index is 1.82. The summed E-state index contributed by atoms with van der Waals surface area (Å²) in [5.74, 6) is -0.116. The molecule has 0 aromatic heterocycles. The molecule has 4 nitrogen and oxygen atoms in total. The minimum atomic E-state index is -0.216. The lowest BCUT2D eigenvalue weighted by Gasteiger charge is -2.07. The lowest BCUT2D eigenvalue weighted by atomic mass is 10.1. The zero-order chi connectivity index (χ0) is 15.1. The van der Waals surface area contributed by atoms with E-state index in [1.165, 1.54) is 12.1 Å². The van der Waals surface area contributed by atoms with Gasteiger partial charge in [-0.3, -0.25) is 0 Å². The van der Waals surface area contributed by atoms with Gasteiger partial charge in [0.15, 0.2) is 5.84 Å². The highest BCUT2D eigenvalue weighted by atomic mass is 19.1. The van der Waals surface area contributed by atoms with Gasteiger partial charge in [-0.2, -0.15) is 0 Å². The van der Waals surface area contributed by atoms with Gasteiger partial charge in [-0.05, 0) is 42.3 Å². The number of rotatable bonds is 6. The minimum absolute atomic E-state index is 0.100. The molecule has 2 rings (SSSR count). The molecular weight excluding hydrogens is 269 g/mol. The normalized spacial score (nSPS) is 11.6. The number of nitrogens with zero attached hydrogens (tertiary/aromatic N) is 1. The van der Waals surface area contributed by atoms with Crippen molar-refractivity contribution in [2.75, 3.05) is 6.54 Å². The van der Waals surface area contributed by atoms with E-state index >= 15 is 0 Å². The summed E-state index contributed by atoms with van der Waals surface area (Å²) in [6.07, 6.45) is 0.834. The summed E-state index contributed by atoms with van der Waals surface area (Å²) >= 11 is 0. The quantitative estimate of drug-likeness (QED) is 0.251. The van der Waals surface area contributed by atoms with Gasteiger partial charge in [-0.25, -0.2) is 4.39 Å². The van der Waals surface area contributed by atoms with Crippen molar-refractivity contribution in [3.8, 4) is 0 Å². The molecule has 0 fully saturated rings. The highest BCUT2D eigenvalue weighted by Gasteiger charge is 2.00. The topological polar surface area (TPSA) is 70.6 Å². The summed E-state index contributed by atoms with van der Waals surface area (Å²) in [5.41, 5.74) is 8.39. The number of halogens is 1. The van der Waals surface area contributed by atoms with Gasteiger partial charge < -0.3 is 16.3 Å². The van der Waals surface area contributed by atoms with Crippen LogP contribution in [-0.2, 0) is 13.0 Å². The molecule has 5 heteroatoms. The Bertz CT molecular complexity index is 611. The molecule has 110 valence electrons. The van der Waals surface area contributed by atoms with Gasteiger partial charge in [-0.15, -0.1) is 0 Å². The molecule has 0 atom stereocenters. The molecule has 2 aromatic rings. The Labute approximate surface area is 123 Å². The Morgan fingerprint density at radius 2 is 1.90 bits per heavy atom. The van der Waals surface area contributed by atoms with Gasteiger partial charge in [0, 0.05) is 12.1 Å². The lowest BCUT2D eigenvalue weighted by Crippen LogP contribution is -2.18. The summed E-state index contributed by atoms with van der Waals surface area (Å²) < 4.78 is 12.8. The van der Waals surface area contributed by atoms with Crippen LogP contribution < -0.4 is 11.1 Å². The standard InChI is InChI=1S/C16H18FN3O/c17-15-6-4-12(5-7-15)8-9-19-11-13-2-1-3-14(10-13)16(18)20-21/h1-7,10,19,21H,8-9,11H2,(H2,18,20). The maximum atomic E-state index is 12.8. The van der Waals surface area contributed by atoms with Crippen molar-refractivity contribution in [1.82, 2.24) is 5.32 Å². The average molecular weight is 287 g/mol. The van der Waals surface area contributed by atoms with Crippen LogP contribution in [0.15, 0.2) is 53.7 Å². The molecule has 0 heterocycles. The van der Waals surface area contributed by atoms with Crippen molar-refractivity contribution < 1.29 is 9.60 Å². The Morgan fingerprint density at radius 3 is 2.62 bits per heavy atom. The largest absolute Gasteiger partial charge is 0.409 e. The smallest absolute Gasteiger partial charge is 0.170 e. The first-order valence-electron chi connectivity index (χ1n) is 6.71. The number of amidine groups is 1. The summed E-state index contributed by atoms with van der Waals surface area (Å²) in [5, 5.41) is 15.0. The second-order valence-corrected chi connectivity index (χ2v) is 4.74. The third-order valence-electron chi connectivity index (χ3n) is 3.16. The molecule has 0 amide bonds. The summed E-state index contributed by atoms with van der Waals surface area (Å²) in [6, 6.07) is 14.0. The van der Waals surface area contributed by atoms with Crippen molar-refractivity contribution in [2.45, 2.75) is 13.0 Å². The van der Waals surface area contributed by atoms with Crippen molar-refractivity contribution in [2.24, 2.45) is 10.9 Å². The van der Waals surface area contributed by atoms with Crippen LogP contribution in [0.3, 0.4) is 0 Å². The van der Waals surface area contributed by atoms with Gasteiger partial charge in [0.25, 0.3) is 0 Å². The predicted octanol–water partition coefficient (Wildman–Crippen LogP) is 2.25. The van der Waals surface area contributed by atoms with E-state index in [-0.39, 0.29) is 11.7 Å². The van der Waals surface area contributed by atoms with E-state index in [2.05, 4.69) is 10.5 Å². The van der Waals surface area contributed by atoms with Crippen molar-refractivity contribution in [1.29, 1.82) is 0 Å². The Kier molecular flexibility index (Phi) is 5.29. The highest BCUT2D eigenvalue weighted by Crippen LogP contribution is 2.06. The van der Waals surface area contributed by atoms with Crippen molar-refractivity contribution in [3.05, 3.63) is 71.0 Å². The first-order valence-corrected chi connectivity index (χ1v) is 6.71. The predicted molar refractivity (Wildman–Crippen MR) is 80.8 cm³/mol. The summed E-state index contributed by atoms with van der Waals surface area (Å²) in [4.78, 5) is 0. The van der Waals surface area contributed by atoms with Crippen LogP contribution in [0.1, 0.15) is 16.7 Å². The maximum Gasteiger partial charge on any atom is 0.170 e. The molecule has 4 N–H and O–H groups in total. The molecule has 0 saturated carbocycles. The lowest BCUT2D eigenvalue weighted by molar-refractivity contribution is 0.318. The number of nitrogens with two attached hydrogens (primary N) is 1. The molecule has 0 radical (unpaired) electrons. The molecule has 0 unspecified atom stereocenters. The molecule has 21 heavy (non-hydrogen) atoms.